The highest BCUT2D eigenvalue weighted by Gasteiger charge is 2.25. The highest BCUT2D eigenvalue weighted by atomic mass is 16.5. The van der Waals surface area contributed by atoms with E-state index >= 15 is 0 Å². The standard InChI is InChI=1S/C27H33N5O2/c1-20-8-9-21-18-22(10-11-23(21)30-20)24-19-29-27(31-24)25(32-13-16-33-17-14-32)6-4-2-3-5-7-26-28-12-15-34-26/h8-12,15,18-19,25H,2-7,13-14,16-17H2,1H3,(H,29,31)/t25-/m0/s1. The zero-order valence-corrected chi connectivity index (χ0v) is 19.9. The maximum atomic E-state index is 5.61. The fraction of sp³-hybridized carbons (Fsp3) is 0.444. The number of fused-ring (bicyclic) bond motifs is 1. The summed E-state index contributed by atoms with van der Waals surface area (Å²) >= 11 is 0. The molecule has 4 aromatic rings. The Morgan fingerprint density at radius 2 is 1.91 bits per heavy atom. The van der Waals surface area contributed by atoms with E-state index in [2.05, 4.69) is 50.2 Å². The molecular formula is C27H33N5O2. The van der Waals surface area contributed by atoms with Crippen molar-refractivity contribution in [2.75, 3.05) is 26.3 Å². The molecule has 1 aromatic carbocycles. The molecule has 1 aliphatic heterocycles. The zero-order valence-electron chi connectivity index (χ0n) is 19.9. The normalized spacial score (nSPS) is 15.7. The molecule has 5 rings (SSSR count). The summed E-state index contributed by atoms with van der Waals surface area (Å²) in [5, 5.41) is 1.15. The number of unbranched alkanes of at least 4 members (excludes halogenated alkanes) is 3. The van der Waals surface area contributed by atoms with Crippen molar-refractivity contribution in [2.24, 2.45) is 0 Å². The number of ether oxygens (including phenoxy) is 1. The van der Waals surface area contributed by atoms with Gasteiger partial charge < -0.3 is 14.1 Å². The number of pyridine rings is 1. The van der Waals surface area contributed by atoms with E-state index in [1.165, 1.54) is 19.3 Å². The number of aryl methyl sites for hydroxylation is 2. The highest BCUT2D eigenvalue weighted by Crippen LogP contribution is 2.29. The summed E-state index contributed by atoms with van der Waals surface area (Å²) in [6.45, 7) is 5.50. The minimum atomic E-state index is 0.286. The number of nitrogens with one attached hydrogen (secondary N) is 1. The molecule has 1 saturated heterocycles. The molecule has 1 aliphatic rings. The van der Waals surface area contributed by atoms with Crippen molar-refractivity contribution in [3.05, 3.63) is 66.4 Å². The maximum Gasteiger partial charge on any atom is 0.193 e. The van der Waals surface area contributed by atoms with E-state index in [-0.39, 0.29) is 6.04 Å². The number of H-pyrrole nitrogens is 1. The molecule has 4 heterocycles. The topological polar surface area (TPSA) is 80.1 Å². The Labute approximate surface area is 200 Å². The molecule has 34 heavy (non-hydrogen) atoms. The van der Waals surface area contributed by atoms with Crippen molar-refractivity contribution in [1.82, 2.24) is 24.8 Å². The Balaban J connectivity index is 1.24. The molecule has 1 atom stereocenters. The van der Waals surface area contributed by atoms with Crippen LogP contribution in [-0.2, 0) is 11.2 Å². The van der Waals surface area contributed by atoms with Crippen molar-refractivity contribution in [3.8, 4) is 11.3 Å². The minimum absolute atomic E-state index is 0.286. The number of hydrogen-bond donors (Lipinski definition) is 1. The molecule has 0 amide bonds. The van der Waals surface area contributed by atoms with Crippen LogP contribution in [0.1, 0.15) is 55.6 Å². The van der Waals surface area contributed by atoms with Crippen LogP contribution in [0.25, 0.3) is 22.2 Å². The van der Waals surface area contributed by atoms with Crippen molar-refractivity contribution in [1.29, 1.82) is 0 Å². The van der Waals surface area contributed by atoms with Gasteiger partial charge in [-0.25, -0.2) is 9.97 Å². The van der Waals surface area contributed by atoms with E-state index in [1.54, 1.807) is 12.5 Å². The van der Waals surface area contributed by atoms with Gasteiger partial charge in [0, 0.05) is 36.2 Å². The Bertz CT molecular complexity index is 1180. The van der Waals surface area contributed by atoms with Crippen molar-refractivity contribution in [2.45, 2.75) is 51.5 Å². The first-order chi connectivity index (χ1) is 16.8. The van der Waals surface area contributed by atoms with Crippen LogP contribution >= 0.6 is 0 Å². The molecule has 0 bridgehead atoms. The van der Waals surface area contributed by atoms with Gasteiger partial charge in [-0.15, -0.1) is 0 Å². The van der Waals surface area contributed by atoms with Gasteiger partial charge in [0.15, 0.2) is 5.89 Å². The van der Waals surface area contributed by atoms with Crippen LogP contribution in [0.15, 0.2) is 53.4 Å². The van der Waals surface area contributed by atoms with E-state index in [0.717, 1.165) is 85.1 Å². The van der Waals surface area contributed by atoms with Crippen molar-refractivity contribution < 1.29 is 9.15 Å². The molecule has 0 unspecified atom stereocenters. The lowest BCUT2D eigenvalue weighted by atomic mass is 10.0. The van der Waals surface area contributed by atoms with E-state index in [1.807, 2.05) is 13.1 Å². The van der Waals surface area contributed by atoms with Crippen LogP contribution in [0.5, 0.6) is 0 Å². The smallest absolute Gasteiger partial charge is 0.193 e. The molecule has 178 valence electrons. The second-order valence-corrected chi connectivity index (χ2v) is 9.09. The van der Waals surface area contributed by atoms with Crippen LogP contribution in [0, 0.1) is 6.92 Å². The van der Waals surface area contributed by atoms with Gasteiger partial charge in [0.05, 0.1) is 42.9 Å². The summed E-state index contributed by atoms with van der Waals surface area (Å²) in [6, 6.07) is 10.9. The number of aromatic amines is 1. The Morgan fingerprint density at radius 3 is 2.76 bits per heavy atom. The number of aromatic nitrogens is 4. The molecule has 1 fully saturated rings. The fourth-order valence-corrected chi connectivity index (χ4v) is 4.77. The quantitative estimate of drug-likeness (QED) is 0.316. The number of rotatable bonds is 10. The number of nitrogens with zero attached hydrogens (tertiary/aromatic N) is 4. The average Bonchev–Trinajstić information content (AvgIpc) is 3.56. The molecular weight excluding hydrogens is 426 g/mol. The second-order valence-electron chi connectivity index (χ2n) is 9.09. The molecule has 0 spiro atoms. The monoisotopic (exact) mass is 459 g/mol. The van der Waals surface area contributed by atoms with Crippen molar-refractivity contribution >= 4 is 10.9 Å². The molecule has 3 aromatic heterocycles. The van der Waals surface area contributed by atoms with E-state index in [4.69, 9.17) is 14.1 Å². The summed E-state index contributed by atoms with van der Waals surface area (Å²) in [4.78, 5) is 19.8. The SMILES string of the molecule is Cc1ccc2cc(-c3cnc([C@H](CCCCCCc4ncco4)N4CCOCC4)[nH]3)ccc2n1. The first-order valence-corrected chi connectivity index (χ1v) is 12.4. The molecule has 0 aliphatic carbocycles. The highest BCUT2D eigenvalue weighted by molar-refractivity contribution is 5.83. The fourth-order valence-electron chi connectivity index (χ4n) is 4.77. The molecule has 1 N–H and O–H groups in total. The van der Waals surface area contributed by atoms with Gasteiger partial charge in [-0.2, -0.15) is 0 Å². The minimum Gasteiger partial charge on any atom is -0.449 e. The van der Waals surface area contributed by atoms with E-state index in [9.17, 15) is 0 Å². The molecule has 7 nitrogen and oxygen atoms in total. The third-order valence-corrected chi connectivity index (χ3v) is 6.64. The first-order valence-electron chi connectivity index (χ1n) is 12.4. The van der Waals surface area contributed by atoms with E-state index in [0.29, 0.717) is 0 Å². The third-order valence-electron chi connectivity index (χ3n) is 6.64. The van der Waals surface area contributed by atoms with Crippen LogP contribution < -0.4 is 0 Å². The Morgan fingerprint density at radius 1 is 1.03 bits per heavy atom. The first kappa shape index (κ1) is 22.7. The summed E-state index contributed by atoms with van der Waals surface area (Å²) in [6.07, 6.45) is 12.0. The second kappa shape index (κ2) is 10.9. The number of hydrogen-bond acceptors (Lipinski definition) is 6. The molecule has 7 heteroatoms. The van der Waals surface area contributed by atoms with Gasteiger partial charge in [-0.3, -0.25) is 9.88 Å². The van der Waals surface area contributed by atoms with Gasteiger partial charge in [0.1, 0.15) is 12.1 Å². The molecule has 0 radical (unpaired) electrons. The van der Waals surface area contributed by atoms with Crippen LogP contribution in [-0.4, -0.2) is 51.1 Å². The lowest BCUT2D eigenvalue weighted by molar-refractivity contribution is 0.0119. The predicted octanol–water partition coefficient (Wildman–Crippen LogP) is 5.49. The van der Waals surface area contributed by atoms with Crippen molar-refractivity contribution in [3.63, 3.8) is 0 Å². The largest absolute Gasteiger partial charge is 0.449 e. The summed E-state index contributed by atoms with van der Waals surface area (Å²) in [5.74, 6) is 1.90. The van der Waals surface area contributed by atoms with Gasteiger partial charge >= 0.3 is 0 Å². The van der Waals surface area contributed by atoms with Gasteiger partial charge in [0.2, 0.25) is 0 Å². The number of imidazole rings is 1. The Hall–Kier alpha value is -3.03. The molecule has 0 saturated carbocycles. The lowest BCUT2D eigenvalue weighted by Gasteiger charge is -2.33. The Kier molecular flexibility index (Phi) is 7.31. The van der Waals surface area contributed by atoms with Gasteiger partial charge in [-0.1, -0.05) is 31.4 Å². The average molecular weight is 460 g/mol. The van der Waals surface area contributed by atoms with Gasteiger partial charge in [0.25, 0.3) is 0 Å². The number of oxazole rings is 1. The lowest BCUT2D eigenvalue weighted by Crippen LogP contribution is -2.39. The number of morpholine rings is 1. The zero-order chi connectivity index (χ0) is 23.2. The van der Waals surface area contributed by atoms with Crippen LogP contribution in [0.4, 0.5) is 0 Å². The predicted molar refractivity (Wildman–Crippen MR) is 132 cm³/mol. The van der Waals surface area contributed by atoms with E-state index < -0.39 is 0 Å². The summed E-state index contributed by atoms with van der Waals surface area (Å²) in [5.41, 5.74) is 4.26. The maximum absolute atomic E-state index is 5.61. The summed E-state index contributed by atoms with van der Waals surface area (Å²) in [7, 11) is 0. The number of benzene rings is 1. The van der Waals surface area contributed by atoms with Crippen LogP contribution in [0.2, 0.25) is 0 Å². The van der Waals surface area contributed by atoms with Crippen LogP contribution in [0.3, 0.4) is 0 Å². The summed E-state index contributed by atoms with van der Waals surface area (Å²) < 4.78 is 10.9. The third kappa shape index (κ3) is 5.54. The van der Waals surface area contributed by atoms with Gasteiger partial charge in [-0.05, 0) is 38.0 Å².